The Labute approximate surface area is 267 Å². The van der Waals surface area contributed by atoms with Gasteiger partial charge in [-0.3, -0.25) is 9.38 Å². The number of benzene rings is 5. The zero-order valence-corrected chi connectivity index (χ0v) is 25.7. The van der Waals surface area contributed by atoms with Crippen LogP contribution in [0, 0.1) is 0 Å². The van der Waals surface area contributed by atoms with Gasteiger partial charge < -0.3 is 25.4 Å². The topological polar surface area (TPSA) is 93.8 Å². The summed E-state index contributed by atoms with van der Waals surface area (Å²) in [6.07, 6.45) is -0.906. The molecule has 0 radical (unpaired) electrons. The van der Waals surface area contributed by atoms with Gasteiger partial charge >= 0.3 is 7.62 Å². The Kier molecular flexibility index (Phi) is 6.38. The van der Waals surface area contributed by atoms with Gasteiger partial charge in [0.2, 0.25) is 7.37 Å². The second-order valence-corrected chi connectivity index (χ2v) is 14.1. The van der Waals surface area contributed by atoms with Crippen molar-refractivity contribution >= 4 is 53.8 Å². The Morgan fingerprint density at radius 1 is 0.609 bits per heavy atom. The summed E-state index contributed by atoms with van der Waals surface area (Å²) in [7, 11) is -3.39. The maximum Gasteiger partial charge on any atom is 0.374 e. The fourth-order valence-corrected chi connectivity index (χ4v) is 8.96. The van der Waals surface area contributed by atoms with Crippen molar-refractivity contribution in [3.63, 3.8) is 0 Å². The second-order valence-electron chi connectivity index (χ2n) is 11.8. The van der Waals surface area contributed by atoms with Crippen LogP contribution in [-0.4, -0.2) is 23.2 Å². The van der Waals surface area contributed by atoms with E-state index in [-0.39, 0.29) is 26.1 Å². The highest BCUT2D eigenvalue weighted by atomic mass is 31.2. The van der Waals surface area contributed by atoms with Gasteiger partial charge in [0.1, 0.15) is 36.0 Å². The Balaban J connectivity index is 1.20. The average Bonchev–Trinajstić information content (AvgIpc) is 3.74. The molecule has 8 nitrogen and oxygen atoms in total. The molecule has 0 amide bonds. The summed E-state index contributed by atoms with van der Waals surface area (Å²) in [4.78, 5) is 11.0. The van der Waals surface area contributed by atoms with Crippen molar-refractivity contribution in [1.82, 2.24) is 15.1 Å². The van der Waals surface area contributed by atoms with Crippen molar-refractivity contribution in [2.45, 2.75) is 18.5 Å². The van der Waals surface area contributed by atoms with Crippen LogP contribution in [0.25, 0.3) is 10.8 Å². The van der Waals surface area contributed by atoms with E-state index in [9.17, 15) is 4.57 Å². The zero-order chi connectivity index (χ0) is 30.7. The molecule has 10 heteroatoms. The van der Waals surface area contributed by atoms with Crippen molar-refractivity contribution < 1.29 is 9.01 Å². The highest BCUT2D eigenvalue weighted by Gasteiger charge is 2.43. The summed E-state index contributed by atoms with van der Waals surface area (Å²) in [5.41, 5.74) is 4.35. The van der Waals surface area contributed by atoms with Gasteiger partial charge in [-0.2, -0.15) is 0 Å². The first-order valence-electron chi connectivity index (χ1n) is 15.5. The Morgan fingerprint density at radius 3 is 1.78 bits per heavy atom. The summed E-state index contributed by atoms with van der Waals surface area (Å²) in [5.74, 6) is 2.57. The molecule has 5 aromatic carbocycles. The number of aliphatic imine (C=N–C) groups is 1. The van der Waals surface area contributed by atoms with E-state index in [4.69, 9.17) is 9.43 Å². The molecule has 6 aromatic rings. The first-order valence-corrected chi connectivity index (χ1v) is 17.1. The van der Waals surface area contributed by atoms with E-state index in [2.05, 4.69) is 80.3 Å². The summed E-state index contributed by atoms with van der Waals surface area (Å²) >= 11 is 0. The molecule has 3 aliphatic heterocycles. The highest BCUT2D eigenvalue weighted by Crippen LogP contribution is 2.48. The van der Waals surface area contributed by atoms with Crippen LogP contribution < -0.4 is 26.6 Å². The van der Waals surface area contributed by atoms with Crippen LogP contribution in [0.5, 0.6) is 0 Å². The molecule has 1 aromatic heterocycles. The smallest absolute Gasteiger partial charge is 0.369 e. The Hall–Kier alpha value is -5.08. The Bertz CT molecular complexity index is 2130. The number of amidine groups is 1. The van der Waals surface area contributed by atoms with Crippen LogP contribution in [0.2, 0.25) is 0 Å². The van der Waals surface area contributed by atoms with Crippen molar-refractivity contribution in [1.29, 1.82) is 0 Å². The first-order chi connectivity index (χ1) is 22.7. The Morgan fingerprint density at radius 2 is 1.13 bits per heavy atom. The van der Waals surface area contributed by atoms with Gasteiger partial charge in [-0.05, 0) is 35.4 Å². The minimum Gasteiger partial charge on any atom is -0.369 e. The van der Waals surface area contributed by atoms with Crippen LogP contribution in [0.4, 0.5) is 11.6 Å². The average molecular weight is 620 g/mol. The number of nitrogens with one attached hydrogen (secondary N) is 4. The molecular formula is C36H30BN6O2P. The molecule has 4 N–H and O–H groups in total. The lowest BCUT2D eigenvalue weighted by atomic mass is 10.1. The fourth-order valence-electron chi connectivity index (χ4n) is 6.93. The molecule has 0 saturated carbocycles. The monoisotopic (exact) mass is 620 g/mol. The normalized spacial score (nSPS) is 19.8. The van der Waals surface area contributed by atoms with Crippen molar-refractivity contribution in [2.75, 3.05) is 10.6 Å². The summed E-state index contributed by atoms with van der Waals surface area (Å²) in [5, 5.41) is 14.7. The molecule has 46 heavy (non-hydrogen) atoms. The van der Waals surface area contributed by atoms with Crippen molar-refractivity contribution in [2.24, 2.45) is 4.99 Å². The van der Waals surface area contributed by atoms with Crippen LogP contribution in [0.15, 0.2) is 138 Å². The van der Waals surface area contributed by atoms with E-state index in [1.54, 1.807) is 0 Å². The first kappa shape index (κ1) is 27.3. The standard InChI is InChI=1S/C36H30BN6O2P/c44-46(23-13-3-1-4-14-23,24-15-5-2-6-16-24)45-37-43-35-29-21-11-12-22-30(29)36(43)42-34-28-20-10-8-18-26(28)32(40-34)38-31-25-17-7-9-19-27(25)33(39-31)41-35/h1-22,31,35-38,40,42H,(H,39,41). The van der Waals surface area contributed by atoms with E-state index in [1.165, 1.54) is 0 Å². The number of fused-ring (bicyclic) bond motifs is 14. The number of rotatable bonds is 5. The van der Waals surface area contributed by atoms with Gasteiger partial charge in [-0.15, -0.1) is 0 Å². The molecule has 3 aliphatic rings. The molecule has 0 spiro atoms. The molecule has 9 rings (SSSR count). The number of hydrogen-bond donors (Lipinski definition) is 4. The molecule has 0 fully saturated rings. The second kappa shape index (κ2) is 10.8. The van der Waals surface area contributed by atoms with Crippen LogP contribution in [0.3, 0.4) is 0 Å². The van der Waals surface area contributed by atoms with E-state index in [0.717, 1.165) is 50.5 Å². The third kappa shape index (κ3) is 4.31. The number of nitrogens with zero attached hydrogens (tertiary/aromatic N) is 2. The molecule has 3 atom stereocenters. The molecule has 0 aliphatic carbocycles. The molecule has 3 unspecified atom stereocenters. The van der Waals surface area contributed by atoms with Crippen molar-refractivity contribution in [3.8, 4) is 0 Å². The van der Waals surface area contributed by atoms with E-state index < -0.39 is 7.37 Å². The third-order valence-electron chi connectivity index (χ3n) is 9.15. The van der Waals surface area contributed by atoms with Crippen LogP contribution in [0.1, 0.15) is 40.8 Å². The number of H-pyrrole nitrogens is 1. The predicted octanol–water partition coefficient (Wildman–Crippen LogP) is 6.28. The maximum absolute atomic E-state index is 15.0. The molecule has 6 bridgehead atoms. The largest absolute Gasteiger partial charge is 0.374 e. The lowest BCUT2D eigenvalue weighted by Crippen LogP contribution is -2.43. The van der Waals surface area contributed by atoms with Gasteiger partial charge in [0, 0.05) is 32.5 Å². The lowest BCUT2D eigenvalue weighted by molar-refractivity contribution is 0.274. The third-order valence-corrected chi connectivity index (χ3v) is 11.6. The number of aromatic amines is 1. The lowest BCUT2D eigenvalue weighted by Gasteiger charge is -2.33. The van der Waals surface area contributed by atoms with Crippen molar-refractivity contribution in [3.05, 3.63) is 156 Å². The molecule has 4 heterocycles. The minimum atomic E-state index is -3.47. The summed E-state index contributed by atoms with van der Waals surface area (Å²) in [6.45, 7) is 0. The fraction of sp³-hybridized carbons (Fsp3) is 0.0833. The van der Waals surface area contributed by atoms with Gasteiger partial charge in [-0.1, -0.05) is 109 Å². The molecule has 224 valence electrons. The SMILES string of the molecule is O=P(OBN1C2NC3=NC(Nc4[nH]c(c5ccccc45)NC1c1ccccc12)c1ccccc13)(c1ccccc1)c1ccccc1. The molecular weight excluding hydrogens is 590 g/mol. The van der Waals surface area contributed by atoms with Gasteiger partial charge in [0.15, 0.2) is 0 Å². The quantitative estimate of drug-likeness (QED) is 0.134. The predicted molar refractivity (Wildman–Crippen MR) is 186 cm³/mol. The zero-order valence-electron chi connectivity index (χ0n) is 24.8. The number of aromatic nitrogens is 1. The number of anilines is 2. The minimum absolute atomic E-state index is 0.0766. The maximum atomic E-state index is 15.0. The van der Waals surface area contributed by atoms with Gasteiger partial charge in [-0.25, -0.2) is 4.99 Å². The number of hydrogen-bond acceptors (Lipinski definition) is 7. The van der Waals surface area contributed by atoms with E-state index >= 15 is 0 Å². The summed E-state index contributed by atoms with van der Waals surface area (Å²) < 4.78 is 21.7. The van der Waals surface area contributed by atoms with E-state index in [0.29, 0.717) is 10.6 Å². The van der Waals surface area contributed by atoms with Crippen LogP contribution >= 0.6 is 7.37 Å². The molecule has 0 saturated heterocycles. The van der Waals surface area contributed by atoms with Gasteiger partial charge in [0.25, 0.3) is 0 Å². The van der Waals surface area contributed by atoms with E-state index in [1.807, 2.05) is 78.9 Å². The summed E-state index contributed by atoms with van der Waals surface area (Å²) in [6, 6.07) is 44.1. The highest BCUT2D eigenvalue weighted by molar-refractivity contribution is 7.75. The van der Waals surface area contributed by atoms with Crippen LogP contribution in [-0.2, 0) is 9.01 Å². The van der Waals surface area contributed by atoms with Gasteiger partial charge in [0.05, 0.1) is 0 Å².